The molecule has 1 amide bonds. The van der Waals surface area contributed by atoms with Crippen molar-refractivity contribution < 1.29 is 9.53 Å². The zero-order valence-electron chi connectivity index (χ0n) is 13.2. The number of nitrogens with zero attached hydrogens (tertiary/aromatic N) is 1. The second kappa shape index (κ2) is 7.16. The second-order valence-electron chi connectivity index (χ2n) is 5.97. The summed E-state index contributed by atoms with van der Waals surface area (Å²) in [6, 6.07) is 17.9. The summed E-state index contributed by atoms with van der Waals surface area (Å²) in [6.45, 7) is 0.658. The van der Waals surface area contributed by atoms with Crippen LogP contribution >= 0.6 is 0 Å². The summed E-state index contributed by atoms with van der Waals surface area (Å²) in [5, 5.41) is 12.0. The van der Waals surface area contributed by atoms with Crippen LogP contribution in [0.3, 0.4) is 0 Å². The summed E-state index contributed by atoms with van der Waals surface area (Å²) in [5.74, 6) is 0.902. The van der Waals surface area contributed by atoms with Crippen LogP contribution in [0.25, 0.3) is 0 Å². The van der Waals surface area contributed by atoms with E-state index >= 15 is 0 Å². The van der Waals surface area contributed by atoms with Crippen molar-refractivity contribution in [2.75, 3.05) is 6.54 Å². The third-order valence-electron chi connectivity index (χ3n) is 4.10. The van der Waals surface area contributed by atoms with Gasteiger partial charge in [-0.15, -0.1) is 0 Å². The Morgan fingerprint density at radius 3 is 2.79 bits per heavy atom. The molecule has 122 valence electrons. The van der Waals surface area contributed by atoms with Gasteiger partial charge in [0.15, 0.2) is 0 Å². The van der Waals surface area contributed by atoms with Gasteiger partial charge in [0.05, 0.1) is 18.2 Å². The molecule has 1 aliphatic rings. The van der Waals surface area contributed by atoms with Gasteiger partial charge in [-0.05, 0) is 41.8 Å². The normalized spacial score (nSPS) is 18.6. The summed E-state index contributed by atoms with van der Waals surface area (Å²) in [6.07, 6.45) is 1.02. The minimum atomic E-state index is -0.329. The molecule has 2 aromatic rings. The molecule has 1 fully saturated rings. The monoisotopic (exact) mass is 321 g/mol. The van der Waals surface area contributed by atoms with Crippen LogP contribution in [-0.4, -0.2) is 18.5 Å². The number of rotatable bonds is 7. The highest BCUT2D eigenvalue weighted by Crippen LogP contribution is 2.41. The number of hydrogen-bond acceptors (Lipinski definition) is 4. The lowest BCUT2D eigenvalue weighted by Crippen LogP contribution is -2.30. The van der Waals surface area contributed by atoms with Gasteiger partial charge in [-0.1, -0.05) is 24.3 Å². The molecule has 2 aromatic carbocycles. The van der Waals surface area contributed by atoms with E-state index in [1.54, 1.807) is 6.07 Å². The molecular formula is C19H19N3O2. The number of nitrogens with one attached hydrogen (secondary N) is 1. The number of benzene rings is 2. The molecule has 0 bridgehead atoms. The Morgan fingerprint density at radius 2 is 2.08 bits per heavy atom. The first-order valence-electron chi connectivity index (χ1n) is 7.89. The van der Waals surface area contributed by atoms with Crippen LogP contribution in [0.15, 0.2) is 48.5 Å². The number of ether oxygens (including phenoxy) is 1. The quantitative estimate of drug-likeness (QED) is 0.817. The van der Waals surface area contributed by atoms with Crippen LogP contribution in [0.2, 0.25) is 0 Å². The van der Waals surface area contributed by atoms with Gasteiger partial charge in [-0.25, -0.2) is 0 Å². The van der Waals surface area contributed by atoms with E-state index < -0.39 is 0 Å². The van der Waals surface area contributed by atoms with E-state index in [-0.39, 0.29) is 12.5 Å². The van der Waals surface area contributed by atoms with E-state index in [9.17, 15) is 4.79 Å². The van der Waals surface area contributed by atoms with Crippen molar-refractivity contribution in [3.63, 3.8) is 0 Å². The molecule has 0 saturated heterocycles. The van der Waals surface area contributed by atoms with Crippen LogP contribution in [0.5, 0.6) is 5.75 Å². The molecule has 24 heavy (non-hydrogen) atoms. The van der Waals surface area contributed by atoms with Crippen LogP contribution in [0.1, 0.15) is 29.0 Å². The van der Waals surface area contributed by atoms with Crippen molar-refractivity contribution in [3.8, 4) is 11.8 Å². The Hall–Kier alpha value is -2.84. The number of carbonyl (C=O) groups is 1. The predicted octanol–water partition coefficient (Wildman–Crippen LogP) is 2.07. The molecule has 0 aliphatic heterocycles. The molecule has 2 atom stereocenters. The number of amides is 1. The number of nitrogens with two attached hydrogens (primary N) is 1. The zero-order chi connectivity index (χ0) is 16.9. The molecule has 3 rings (SSSR count). The van der Waals surface area contributed by atoms with Gasteiger partial charge < -0.3 is 15.8 Å². The van der Waals surface area contributed by atoms with Crippen LogP contribution in [0.4, 0.5) is 0 Å². The van der Waals surface area contributed by atoms with Gasteiger partial charge in [-0.3, -0.25) is 4.79 Å². The Labute approximate surface area is 141 Å². The summed E-state index contributed by atoms with van der Waals surface area (Å²) in [4.78, 5) is 10.8. The SMILES string of the molecule is N#Cc1cccc(COc2ccc([C@@H]3C[C@H]3NCC(N)=O)cc2)c1. The fourth-order valence-corrected chi connectivity index (χ4v) is 2.73. The van der Waals surface area contributed by atoms with E-state index in [0.29, 0.717) is 24.1 Å². The molecule has 5 nitrogen and oxygen atoms in total. The van der Waals surface area contributed by atoms with Crippen molar-refractivity contribution >= 4 is 5.91 Å². The molecule has 3 N–H and O–H groups in total. The average molecular weight is 321 g/mol. The highest BCUT2D eigenvalue weighted by molar-refractivity contribution is 5.76. The van der Waals surface area contributed by atoms with Crippen molar-refractivity contribution in [2.45, 2.75) is 25.0 Å². The van der Waals surface area contributed by atoms with Crippen LogP contribution in [0, 0.1) is 11.3 Å². The van der Waals surface area contributed by atoms with Gasteiger partial charge in [0.1, 0.15) is 12.4 Å². The number of nitriles is 1. The third-order valence-corrected chi connectivity index (χ3v) is 4.10. The topological polar surface area (TPSA) is 88.1 Å². The van der Waals surface area contributed by atoms with Gasteiger partial charge in [0.2, 0.25) is 5.91 Å². The fourth-order valence-electron chi connectivity index (χ4n) is 2.73. The molecule has 0 aromatic heterocycles. The lowest BCUT2D eigenvalue weighted by molar-refractivity contribution is -0.117. The van der Waals surface area contributed by atoms with Gasteiger partial charge in [-0.2, -0.15) is 5.26 Å². The maximum Gasteiger partial charge on any atom is 0.231 e. The van der Waals surface area contributed by atoms with E-state index in [0.717, 1.165) is 17.7 Å². The molecule has 5 heteroatoms. The second-order valence-corrected chi connectivity index (χ2v) is 5.97. The lowest BCUT2D eigenvalue weighted by atomic mass is 10.1. The average Bonchev–Trinajstić information content (AvgIpc) is 3.38. The molecule has 1 saturated carbocycles. The van der Waals surface area contributed by atoms with Gasteiger partial charge in [0, 0.05) is 12.0 Å². The molecule has 0 unspecified atom stereocenters. The zero-order valence-corrected chi connectivity index (χ0v) is 13.2. The summed E-state index contributed by atoms with van der Waals surface area (Å²) in [7, 11) is 0. The summed E-state index contributed by atoms with van der Waals surface area (Å²) in [5.41, 5.74) is 7.97. The highest BCUT2D eigenvalue weighted by Gasteiger charge is 2.37. The molecule has 0 heterocycles. The molecule has 1 aliphatic carbocycles. The molecule has 0 spiro atoms. The van der Waals surface area contributed by atoms with E-state index in [2.05, 4.69) is 23.5 Å². The minimum Gasteiger partial charge on any atom is -0.489 e. The Kier molecular flexibility index (Phi) is 4.78. The van der Waals surface area contributed by atoms with E-state index in [4.69, 9.17) is 15.7 Å². The van der Waals surface area contributed by atoms with Gasteiger partial charge >= 0.3 is 0 Å². The molecule has 0 radical (unpaired) electrons. The van der Waals surface area contributed by atoms with Crippen LogP contribution < -0.4 is 15.8 Å². The Bertz CT molecular complexity index is 765. The maximum absolute atomic E-state index is 10.8. The minimum absolute atomic E-state index is 0.226. The van der Waals surface area contributed by atoms with Crippen molar-refractivity contribution in [2.24, 2.45) is 5.73 Å². The first-order chi connectivity index (χ1) is 11.7. The van der Waals surface area contributed by atoms with E-state index in [1.807, 2.05) is 30.3 Å². The predicted molar refractivity (Wildman–Crippen MR) is 90.3 cm³/mol. The lowest BCUT2D eigenvalue weighted by Gasteiger charge is -2.08. The maximum atomic E-state index is 10.8. The van der Waals surface area contributed by atoms with Crippen LogP contribution in [-0.2, 0) is 11.4 Å². The first-order valence-corrected chi connectivity index (χ1v) is 7.89. The van der Waals surface area contributed by atoms with Crippen molar-refractivity contribution in [1.82, 2.24) is 5.32 Å². The standard InChI is InChI=1S/C19H19N3O2/c20-10-13-2-1-3-14(8-13)12-24-16-6-4-15(5-7-16)17-9-18(17)22-11-19(21)23/h1-8,17-18,22H,9,11-12H2,(H2,21,23)/t17-,18+/m0/s1. The Morgan fingerprint density at radius 1 is 1.29 bits per heavy atom. The van der Waals surface area contributed by atoms with Gasteiger partial charge in [0.25, 0.3) is 0 Å². The Balaban J connectivity index is 1.52. The largest absolute Gasteiger partial charge is 0.489 e. The number of hydrogen-bond donors (Lipinski definition) is 2. The number of carbonyl (C=O) groups excluding carboxylic acids is 1. The van der Waals surface area contributed by atoms with Crippen molar-refractivity contribution in [1.29, 1.82) is 5.26 Å². The third kappa shape index (κ3) is 4.12. The number of primary amides is 1. The smallest absolute Gasteiger partial charge is 0.231 e. The first kappa shape index (κ1) is 16.0. The fraction of sp³-hybridized carbons (Fsp3) is 0.263. The summed E-state index contributed by atoms with van der Waals surface area (Å²) < 4.78 is 5.77. The highest BCUT2D eigenvalue weighted by atomic mass is 16.5. The van der Waals surface area contributed by atoms with Crippen molar-refractivity contribution in [3.05, 3.63) is 65.2 Å². The molecular weight excluding hydrogens is 302 g/mol. The summed E-state index contributed by atoms with van der Waals surface area (Å²) >= 11 is 0. The van der Waals surface area contributed by atoms with E-state index in [1.165, 1.54) is 5.56 Å².